The van der Waals surface area contributed by atoms with Gasteiger partial charge in [0.25, 0.3) is 0 Å². The Morgan fingerprint density at radius 2 is 2.06 bits per heavy atom. The van der Waals surface area contributed by atoms with Crippen LogP contribution < -0.4 is 16.0 Å². The van der Waals surface area contributed by atoms with E-state index < -0.39 is 0 Å². The Kier molecular flexibility index (Phi) is 5.74. The molecule has 0 saturated carbocycles. The zero-order valence-electron chi connectivity index (χ0n) is 19.2. The van der Waals surface area contributed by atoms with Crippen LogP contribution in [0.15, 0.2) is 42.7 Å². The molecular formula is C25H30N6O. The molecule has 0 radical (unpaired) electrons. The maximum atomic E-state index is 12.4. The van der Waals surface area contributed by atoms with Crippen molar-refractivity contribution < 1.29 is 4.79 Å². The van der Waals surface area contributed by atoms with Gasteiger partial charge in [0.2, 0.25) is 5.91 Å². The summed E-state index contributed by atoms with van der Waals surface area (Å²) in [6, 6.07) is 10.4. The van der Waals surface area contributed by atoms with Crippen LogP contribution in [-0.4, -0.2) is 34.5 Å². The summed E-state index contributed by atoms with van der Waals surface area (Å²) >= 11 is 0. The van der Waals surface area contributed by atoms with Crippen molar-refractivity contribution in [3.8, 4) is 11.1 Å². The summed E-state index contributed by atoms with van der Waals surface area (Å²) in [6.07, 6.45) is 3.97. The third-order valence-corrected chi connectivity index (χ3v) is 5.85. The van der Waals surface area contributed by atoms with Crippen molar-refractivity contribution >= 4 is 28.7 Å². The molecule has 0 fully saturated rings. The first-order chi connectivity index (χ1) is 15.3. The average molecular weight is 431 g/mol. The number of nitrogens with one attached hydrogen (secondary N) is 4. The SMILES string of the molecule is CNc1ccc(-c2cc(C(C)C)cc3c2NC(C)CC(=O)N3)cc1C(=N)c1cnn(C)c1. The van der Waals surface area contributed by atoms with Gasteiger partial charge in [0, 0.05) is 55.1 Å². The molecule has 1 aliphatic rings. The lowest BCUT2D eigenvalue weighted by atomic mass is 9.92. The average Bonchev–Trinajstić information content (AvgIpc) is 3.13. The first-order valence-electron chi connectivity index (χ1n) is 10.9. The normalized spacial score (nSPS) is 15.6. The number of amides is 1. The van der Waals surface area contributed by atoms with Crippen molar-refractivity contribution in [1.29, 1.82) is 5.41 Å². The standard InChI is InChI=1S/C25H30N6O/c1-14(2)17-10-19(25-22(11-17)30-23(32)8-15(3)29-25)16-6-7-21(27-4)20(9-16)24(26)18-12-28-31(5)13-18/h6-7,9-15,26-27,29H,8H2,1-5H3,(H,30,32). The molecule has 2 heterocycles. The molecule has 0 saturated heterocycles. The van der Waals surface area contributed by atoms with E-state index in [1.54, 1.807) is 10.9 Å². The summed E-state index contributed by atoms with van der Waals surface area (Å²) < 4.78 is 1.70. The summed E-state index contributed by atoms with van der Waals surface area (Å²) in [5, 5.41) is 22.9. The second kappa shape index (κ2) is 8.49. The second-order valence-electron chi connectivity index (χ2n) is 8.73. The highest BCUT2D eigenvalue weighted by Gasteiger charge is 2.23. The molecular weight excluding hydrogens is 400 g/mol. The zero-order chi connectivity index (χ0) is 23.0. The lowest BCUT2D eigenvalue weighted by molar-refractivity contribution is -0.116. The van der Waals surface area contributed by atoms with Gasteiger partial charge in [-0.25, -0.2) is 0 Å². The van der Waals surface area contributed by atoms with Gasteiger partial charge in [-0.15, -0.1) is 0 Å². The fraction of sp³-hybridized carbons (Fsp3) is 0.320. The number of nitrogens with zero attached hydrogens (tertiary/aromatic N) is 2. The third kappa shape index (κ3) is 4.10. The largest absolute Gasteiger partial charge is 0.388 e. The number of anilines is 3. The number of benzene rings is 2. The third-order valence-electron chi connectivity index (χ3n) is 5.85. The quantitative estimate of drug-likeness (QED) is 0.437. The number of aromatic nitrogens is 2. The van der Waals surface area contributed by atoms with Crippen LogP contribution in [0.2, 0.25) is 0 Å². The molecule has 1 aliphatic heterocycles. The lowest BCUT2D eigenvalue weighted by Gasteiger charge is -2.21. The van der Waals surface area contributed by atoms with Crippen LogP contribution in [-0.2, 0) is 11.8 Å². The van der Waals surface area contributed by atoms with E-state index in [0.29, 0.717) is 18.1 Å². The van der Waals surface area contributed by atoms with Gasteiger partial charge in [-0.3, -0.25) is 14.9 Å². The lowest BCUT2D eigenvalue weighted by Crippen LogP contribution is -2.19. The van der Waals surface area contributed by atoms with E-state index in [-0.39, 0.29) is 11.9 Å². The van der Waals surface area contributed by atoms with Crippen LogP contribution in [0.25, 0.3) is 11.1 Å². The van der Waals surface area contributed by atoms with Crippen LogP contribution >= 0.6 is 0 Å². The van der Waals surface area contributed by atoms with Crippen LogP contribution in [0, 0.1) is 5.41 Å². The van der Waals surface area contributed by atoms with E-state index in [0.717, 1.165) is 44.9 Å². The van der Waals surface area contributed by atoms with Gasteiger partial charge in [-0.1, -0.05) is 19.9 Å². The molecule has 0 spiro atoms. The number of carbonyl (C=O) groups is 1. The number of fused-ring (bicyclic) bond motifs is 1. The molecule has 1 unspecified atom stereocenters. The maximum absolute atomic E-state index is 12.4. The molecule has 3 aromatic rings. The predicted molar refractivity (Wildman–Crippen MR) is 131 cm³/mol. The second-order valence-corrected chi connectivity index (χ2v) is 8.73. The zero-order valence-corrected chi connectivity index (χ0v) is 19.2. The Morgan fingerprint density at radius 3 is 2.72 bits per heavy atom. The fourth-order valence-electron chi connectivity index (χ4n) is 4.10. The number of hydrogen-bond acceptors (Lipinski definition) is 5. The number of hydrogen-bond donors (Lipinski definition) is 4. The van der Waals surface area contributed by atoms with Gasteiger partial charge in [0.15, 0.2) is 0 Å². The molecule has 32 heavy (non-hydrogen) atoms. The highest BCUT2D eigenvalue weighted by molar-refractivity contribution is 6.14. The summed E-state index contributed by atoms with van der Waals surface area (Å²) in [6.45, 7) is 6.31. The number of rotatable bonds is 5. The first kappa shape index (κ1) is 21.6. The molecule has 4 N–H and O–H groups in total. The van der Waals surface area contributed by atoms with Crippen molar-refractivity contribution in [3.05, 3.63) is 59.4 Å². The van der Waals surface area contributed by atoms with Crippen molar-refractivity contribution in [2.24, 2.45) is 7.05 Å². The van der Waals surface area contributed by atoms with Crippen molar-refractivity contribution in [1.82, 2.24) is 9.78 Å². The highest BCUT2D eigenvalue weighted by atomic mass is 16.1. The molecule has 0 aliphatic carbocycles. The number of aryl methyl sites for hydroxylation is 1. The van der Waals surface area contributed by atoms with E-state index in [2.05, 4.69) is 53.1 Å². The minimum atomic E-state index is 0.0141. The molecule has 1 amide bonds. The highest BCUT2D eigenvalue weighted by Crippen LogP contribution is 2.40. The van der Waals surface area contributed by atoms with E-state index in [1.165, 1.54) is 0 Å². The molecule has 1 aromatic heterocycles. The molecule has 0 bridgehead atoms. The van der Waals surface area contributed by atoms with Gasteiger partial charge in [-0.2, -0.15) is 5.10 Å². The van der Waals surface area contributed by atoms with Crippen molar-refractivity contribution in [3.63, 3.8) is 0 Å². The summed E-state index contributed by atoms with van der Waals surface area (Å²) in [5.41, 5.74) is 7.73. The Morgan fingerprint density at radius 1 is 1.28 bits per heavy atom. The van der Waals surface area contributed by atoms with Crippen LogP contribution in [0.5, 0.6) is 0 Å². The molecule has 7 nitrogen and oxygen atoms in total. The van der Waals surface area contributed by atoms with E-state index in [4.69, 9.17) is 5.41 Å². The molecule has 7 heteroatoms. The van der Waals surface area contributed by atoms with E-state index >= 15 is 0 Å². The summed E-state index contributed by atoms with van der Waals surface area (Å²) in [4.78, 5) is 12.4. The first-order valence-corrected chi connectivity index (χ1v) is 10.9. The van der Waals surface area contributed by atoms with Crippen LogP contribution in [0.1, 0.15) is 49.8 Å². The van der Waals surface area contributed by atoms with Gasteiger partial charge >= 0.3 is 0 Å². The molecule has 4 rings (SSSR count). The Hall–Kier alpha value is -3.61. The van der Waals surface area contributed by atoms with Crippen molar-refractivity contribution in [2.75, 3.05) is 23.0 Å². The Balaban J connectivity index is 1.89. The Labute approximate surface area is 188 Å². The van der Waals surface area contributed by atoms with E-state index in [9.17, 15) is 4.79 Å². The van der Waals surface area contributed by atoms with Gasteiger partial charge in [0.05, 0.1) is 23.3 Å². The van der Waals surface area contributed by atoms with Crippen molar-refractivity contribution in [2.45, 2.75) is 39.2 Å². The van der Waals surface area contributed by atoms with Crippen LogP contribution in [0.4, 0.5) is 17.1 Å². The van der Waals surface area contributed by atoms with Gasteiger partial charge in [-0.05, 0) is 48.2 Å². The fourth-order valence-corrected chi connectivity index (χ4v) is 4.10. The predicted octanol–water partition coefficient (Wildman–Crippen LogP) is 4.81. The molecule has 1 atom stereocenters. The molecule has 2 aromatic carbocycles. The smallest absolute Gasteiger partial charge is 0.226 e. The summed E-state index contributed by atoms with van der Waals surface area (Å²) in [7, 11) is 3.71. The topological polar surface area (TPSA) is 94.8 Å². The van der Waals surface area contributed by atoms with Gasteiger partial charge < -0.3 is 16.0 Å². The minimum absolute atomic E-state index is 0.0141. The van der Waals surface area contributed by atoms with Crippen LogP contribution in [0.3, 0.4) is 0 Å². The summed E-state index contributed by atoms with van der Waals surface area (Å²) in [5.74, 6) is 0.321. The van der Waals surface area contributed by atoms with Gasteiger partial charge in [0.1, 0.15) is 0 Å². The van der Waals surface area contributed by atoms with E-state index in [1.807, 2.05) is 39.3 Å². The Bertz CT molecular complexity index is 1190. The number of carbonyl (C=O) groups excluding carboxylic acids is 1. The minimum Gasteiger partial charge on any atom is -0.388 e. The molecule has 166 valence electrons. The maximum Gasteiger partial charge on any atom is 0.226 e. The monoisotopic (exact) mass is 430 g/mol.